The van der Waals surface area contributed by atoms with Gasteiger partial charge in [-0.15, -0.1) is 5.10 Å². The lowest BCUT2D eigenvalue weighted by Crippen LogP contribution is -2.34. The number of hydrogen-bond acceptors (Lipinski definition) is 8. The van der Waals surface area contributed by atoms with Gasteiger partial charge in [-0.25, -0.2) is 9.18 Å². The summed E-state index contributed by atoms with van der Waals surface area (Å²) < 4.78 is 14.6. The first-order chi connectivity index (χ1) is 15.0. The average molecular weight is 436 g/mol. The zero-order valence-electron chi connectivity index (χ0n) is 15.7. The maximum atomic E-state index is 13.2. The lowest BCUT2D eigenvalue weighted by Gasteiger charge is -2.14. The molecule has 0 amide bonds. The average Bonchev–Trinajstić information content (AvgIpc) is 3.45. The number of hydrazone groups is 1. The molecule has 0 saturated heterocycles. The van der Waals surface area contributed by atoms with E-state index in [1.54, 1.807) is 36.7 Å². The minimum atomic E-state index is -1.08. The first kappa shape index (κ1) is 19.0. The molecule has 4 aromatic rings. The van der Waals surface area contributed by atoms with Crippen LogP contribution in [0.3, 0.4) is 0 Å². The van der Waals surface area contributed by atoms with E-state index in [0.717, 1.165) is 16.9 Å². The molecule has 1 atom stereocenters. The summed E-state index contributed by atoms with van der Waals surface area (Å²) in [6, 6.07) is 8.16. The number of halogens is 1. The molecule has 9 nitrogen and oxygen atoms in total. The van der Waals surface area contributed by atoms with Crippen LogP contribution in [0.25, 0.3) is 22.5 Å². The molecule has 0 spiro atoms. The number of carboxylic acid groups (broad SMARTS) is 1. The molecule has 0 bridgehead atoms. The summed E-state index contributed by atoms with van der Waals surface area (Å²) in [4.78, 5) is 33.2. The van der Waals surface area contributed by atoms with Gasteiger partial charge in [0.1, 0.15) is 10.3 Å². The third-order valence-corrected chi connectivity index (χ3v) is 5.72. The van der Waals surface area contributed by atoms with Crippen molar-refractivity contribution in [2.45, 2.75) is 12.5 Å². The number of thiazole rings is 1. The van der Waals surface area contributed by atoms with Gasteiger partial charge in [-0.2, -0.15) is 14.6 Å². The molecule has 0 radical (unpaired) electrons. The van der Waals surface area contributed by atoms with Crippen molar-refractivity contribution in [1.82, 2.24) is 24.6 Å². The Hall–Kier alpha value is -3.99. The van der Waals surface area contributed by atoms with Crippen LogP contribution in [0.2, 0.25) is 0 Å². The van der Waals surface area contributed by atoms with Gasteiger partial charge in [0.05, 0.1) is 5.71 Å². The molecule has 0 unspecified atom stereocenters. The number of fused-ring (bicyclic) bond motifs is 1. The maximum absolute atomic E-state index is 13.2. The quantitative estimate of drug-likeness (QED) is 0.514. The van der Waals surface area contributed by atoms with Gasteiger partial charge in [-0.05, 0) is 29.8 Å². The molecular formula is C20H13FN6O3S. The maximum Gasteiger partial charge on any atom is 0.328 e. The highest BCUT2D eigenvalue weighted by atomic mass is 32.1. The fourth-order valence-electron chi connectivity index (χ4n) is 3.23. The van der Waals surface area contributed by atoms with Crippen LogP contribution in [0, 0.1) is 5.82 Å². The molecule has 1 aliphatic heterocycles. The van der Waals surface area contributed by atoms with Crippen molar-refractivity contribution in [1.29, 1.82) is 0 Å². The highest BCUT2D eigenvalue weighted by molar-refractivity contribution is 7.15. The van der Waals surface area contributed by atoms with Gasteiger partial charge in [-0.3, -0.25) is 14.8 Å². The Morgan fingerprint density at radius 3 is 2.58 bits per heavy atom. The molecule has 154 valence electrons. The Morgan fingerprint density at radius 2 is 1.90 bits per heavy atom. The molecular weight excluding hydrogens is 423 g/mol. The highest BCUT2D eigenvalue weighted by Gasteiger charge is 2.32. The largest absolute Gasteiger partial charge is 0.480 e. The SMILES string of the molecule is O=C(O)[C@@H]1CC(c2ccc(F)cc2)=NN1/C=c1\sc2nc(-c3ccncc3)nn2c1=O. The van der Waals surface area contributed by atoms with E-state index in [2.05, 4.69) is 20.2 Å². The van der Waals surface area contributed by atoms with Gasteiger partial charge in [0, 0.05) is 30.6 Å². The van der Waals surface area contributed by atoms with Crippen LogP contribution >= 0.6 is 11.3 Å². The van der Waals surface area contributed by atoms with Crippen LogP contribution in [0.4, 0.5) is 4.39 Å². The summed E-state index contributed by atoms with van der Waals surface area (Å²) in [7, 11) is 0. The number of carboxylic acids is 1. The summed E-state index contributed by atoms with van der Waals surface area (Å²) in [5.41, 5.74) is 1.43. The molecule has 11 heteroatoms. The van der Waals surface area contributed by atoms with E-state index in [9.17, 15) is 19.1 Å². The van der Waals surface area contributed by atoms with E-state index in [-0.39, 0.29) is 11.0 Å². The molecule has 4 heterocycles. The van der Waals surface area contributed by atoms with Crippen LogP contribution in [0.1, 0.15) is 12.0 Å². The standard InChI is InChI=1S/C20H13FN6O3S/c21-13-3-1-11(2-4-13)14-9-15(19(29)30)26(24-14)10-16-18(28)27-20(31-16)23-17(25-27)12-5-7-22-8-6-12/h1-8,10,15H,9H2,(H,29,30)/b16-10-/t15-/m0/s1. The third kappa shape index (κ3) is 3.44. The Kier molecular flexibility index (Phi) is 4.51. The van der Waals surface area contributed by atoms with Crippen molar-refractivity contribution in [3.05, 3.63) is 75.1 Å². The second-order valence-electron chi connectivity index (χ2n) is 6.76. The molecule has 1 N–H and O–H groups in total. The normalized spacial score (nSPS) is 16.8. The fraction of sp³-hybridized carbons (Fsp3) is 0.100. The van der Waals surface area contributed by atoms with Crippen LogP contribution in [-0.4, -0.2) is 47.4 Å². The summed E-state index contributed by atoms with van der Waals surface area (Å²) in [5, 5.41) is 19.4. The second kappa shape index (κ2) is 7.36. The van der Waals surface area contributed by atoms with Gasteiger partial charge >= 0.3 is 5.97 Å². The smallest absolute Gasteiger partial charge is 0.328 e. The summed E-state index contributed by atoms with van der Waals surface area (Å²) in [6.45, 7) is 0. The van der Waals surface area contributed by atoms with E-state index in [4.69, 9.17) is 0 Å². The Morgan fingerprint density at radius 1 is 1.16 bits per heavy atom. The van der Waals surface area contributed by atoms with Crippen molar-refractivity contribution in [3.8, 4) is 11.4 Å². The van der Waals surface area contributed by atoms with Crippen molar-refractivity contribution in [3.63, 3.8) is 0 Å². The van der Waals surface area contributed by atoms with E-state index in [0.29, 0.717) is 22.1 Å². The molecule has 1 aliphatic rings. The lowest BCUT2D eigenvalue weighted by atomic mass is 10.0. The number of pyridine rings is 1. The minimum absolute atomic E-state index is 0.124. The zero-order valence-corrected chi connectivity index (χ0v) is 16.5. The van der Waals surface area contributed by atoms with Gasteiger partial charge in [0.2, 0.25) is 4.96 Å². The number of rotatable bonds is 4. The van der Waals surface area contributed by atoms with Crippen molar-refractivity contribution in [2.24, 2.45) is 5.10 Å². The van der Waals surface area contributed by atoms with E-state index >= 15 is 0 Å². The van der Waals surface area contributed by atoms with Crippen LogP contribution in [0.5, 0.6) is 0 Å². The summed E-state index contributed by atoms with van der Waals surface area (Å²) >= 11 is 1.09. The number of hydrogen-bond donors (Lipinski definition) is 1. The number of aliphatic carboxylic acids is 1. The van der Waals surface area contributed by atoms with E-state index < -0.39 is 23.4 Å². The number of benzene rings is 1. The van der Waals surface area contributed by atoms with E-state index in [1.807, 2.05) is 0 Å². The van der Waals surface area contributed by atoms with Crippen LogP contribution in [-0.2, 0) is 4.79 Å². The summed E-state index contributed by atoms with van der Waals surface area (Å²) in [6.07, 6.45) is 4.74. The first-order valence-electron chi connectivity index (χ1n) is 9.16. The molecule has 0 fully saturated rings. The predicted octanol–water partition coefficient (Wildman–Crippen LogP) is 1.37. The minimum Gasteiger partial charge on any atom is -0.480 e. The monoisotopic (exact) mass is 436 g/mol. The Balaban J connectivity index is 1.54. The van der Waals surface area contributed by atoms with Gasteiger partial charge in [0.25, 0.3) is 5.56 Å². The molecule has 0 aliphatic carbocycles. The molecule has 31 heavy (non-hydrogen) atoms. The molecule has 1 aromatic carbocycles. The second-order valence-corrected chi connectivity index (χ2v) is 7.77. The fourth-order valence-corrected chi connectivity index (χ4v) is 4.10. The number of aromatic nitrogens is 4. The number of carbonyl (C=O) groups is 1. The van der Waals surface area contributed by atoms with Crippen LogP contribution in [0.15, 0.2) is 58.7 Å². The molecule has 3 aromatic heterocycles. The number of nitrogens with zero attached hydrogens (tertiary/aromatic N) is 6. The Labute approximate surface area is 177 Å². The van der Waals surface area contributed by atoms with Crippen molar-refractivity contribution in [2.75, 3.05) is 0 Å². The predicted molar refractivity (Wildman–Crippen MR) is 111 cm³/mol. The Bertz CT molecular complexity index is 1430. The molecule has 5 rings (SSSR count). The van der Waals surface area contributed by atoms with E-state index in [1.165, 1.54) is 27.9 Å². The van der Waals surface area contributed by atoms with Crippen molar-refractivity contribution >= 4 is 34.2 Å². The van der Waals surface area contributed by atoms with Crippen molar-refractivity contribution < 1.29 is 14.3 Å². The summed E-state index contributed by atoms with van der Waals surface area (Å²) in [5.74, 6) is -1.07. The molecule has 0 saturated carbocycles. The third-order valence-electron chi connectivity index (χ3n) is 4.77. The topological polar surface area (TPSA) is 113 Å². The first-order valence-corrected chi connectivity index (χ1v) is 9.97. The lowest BCUT2D eigenvalue weighted by molar-refractivity contribution is -0.141. The van der Waals surface area contributed by atoms with Gasteiger partial charge in [0.15, 0.2) is 11.9 Å². The van der Waals surface area contributed by atoms with Gasteiger partial charge < -0.3 is 5.11 Å². The highest BCUT2D eigenvalue weighted by Crippen LogP contribution is 2.21. The zero-order chi connectivity index (χ0) is 21.5. The van der Waals surface area contributed by atoms with Crippen LogP contribution < -0.4 is 10.1 Å². The van der Waals surface area contributed by atoms with Gasteiger partial charge in [-0.1, -0.05) is 23.5 Å².